The molecule has 10 heavy (non-hydrogen) atoms. The molecule has 1 spiro atoms. The Kier molecular flexibility index (Phi) is 1.18. The summed E-state index contributed by atoms with van der Waals surface area (Å²) >= 11 is 0. The minimum absolute atomic E-state index is 0.0440. The van der Waals surface area contributed by atoms with Crippen LogP contribution in [0.2, 0.25) is 5.82 Å². The zero-order valence-electron chi connectivity index (χ0n) is 6.08. The normalized spacial score (nSPS) is 50.0. The van der Waals surface area contributed by atoms with Gasteiger partial charge < -0.3 is 9.84 Å². The molecule has 0 aromatic heterocycles. The first-order chi connectivity index (χ1) is 4.66. The Bertz CT molecular complexity index is 156. The Morgan fingerprint density at radius 3 is 2.40 bits per heavy atom. The van der Waals surface area contributed by atoms with Crippen molar-refractivity contribution in [3.63, 3.8) is 0 Å². The highest BCUT2D eigenvalue weighted by molar-refractivity contribution is 6.13. The lowest BCUT2D eigenvalue weighted by Crippen LogP contribution is -2.14. The van der Waals surface area contributed by atoms with E-state index in [4.69, 9.17) is 12.6 Å². The van der Waals surface area contributed by atoms with Crippen LogP contribution in [0.4, 0.5) is 0 Å². The van der Waals surface area contributed by atoms with Crippen molar-refractivity contribution < 1.29 is 9.84 Å². The SMILES string of the molecule is [B][C@H]1[C@@H](C)[C@@H](O)OC12CC2. The van der Waals surface area contributed by atoms with Gasteiger partial charge in [0.05, 0.1) is 13.4 Å². The Labute approximate surface area is 62.0 Å². The second kappa shape index (κ2) is 1.77. The maximum atomic E-state index is 9.24. The van der Waals surface area contributed by atoms with Crippen molar-refractivity contribution in [2.75, 3.05) is 0 Å². The number of aliphatic hydroxyl groups is 1. The van der Waals surface area contributed by atoms with Crippen LogP contribution in [-0.4, -0.2) is 24.8 Å². The largest absolute Gasteiger partial charge is 0.368 e. The molecule has 1 aliphatic carbocycles. The Morgan fingerprint density at radius 2 is 2.20 bits per heavy atom. The zero-order valence-corrected chi connectivity index (χ0v) is 6.08. The number of rotatable bonds is 0. The molecular formula is C7H11BO2. The Morgan fingerprint density at radius 1 is 1.60 bits per heavy atom. The third kappa shape index (κ3) is 0.677. The van der Waals surface area contributed by atoms with Gasteiger partial charge >= 0.3 is 0 Å². The standard InChI is InChI=1S/C7H11BO2/c1-4-5(8)7(2-3-7)10-6(4)9/h4-6,9H,2-3H2,1H3/t4-,5+,6+/m1/s1. The van der Waals surface area contributed by atoms with E-state index in [0.29, 0.717) is 0 Å². The van der Waals surface area contributed by atoms with E-state index in [1.807, 2.05) is 6.92 Å². The lowest BCUT2D eigenvalue weighted by atomic mass is 9.74. The molecule has 2 rings (SSSR count). The highest BCUT2D eigenvalue weighted by atomic mass is 16.6. The molecule has 1 saturated carbocycles. The predicted molar refractivity (Wildman–Crippen MR) is 37.7 cm³/mol. The fourth-order valence-electron chi connectivity index (χ4n) is 1.66. The van der Waals surface area contributed by atoms with E-state index in [1.165, 1.54) is 0 Å². The summed E-state index contributed by atoms with van der Waals surface area (Å²) in [7, 11) is 5.82. The Hall–Kier alpha value is -0.0151. The first-order valence-corrected chi connectivity index (χ1v) is 3.77. The molecule has 0 bridgehead atoms. The number of hydrogen-bond donors (Lipinski definition) is 1. The summed E-state index contributed by atoms with van der Waals surface area (Å²) in [5.41, 5.74) is -0.126. The van der Waals surface area contributed by atoms with Gasteiger partial charge in [0, 0.05) is 5.92 Å². The first kappa shape index (κ1) is 6.68. The van der Waals surface area contributed by atoms with E-state index >= 15 is 0 Å². The van der Waals surface area contributed by atoms with Crippen molar-refractivity contribution in [3.8, 4) is 0 Å². The van der Waals surface area contributed by atoms with E-state index in [-0.39, 0.29) is 17.3 Å². The number of ether oxygens (including phenoxy) is 1. The van der Waals surface area contributed by atoms with Crippen molar-refractivity contribution in [1.29, 1.82) is 0 Å². The molecule has 2 aliphatic rings. The topological polar surface area (TPSA) is 29.5 Å². The second-order valence-electron chi connectivity index (χ2n) is 3.46. The smallest absolute Gasteiger partial charge is 0.157 e. The summed E-state index contributed by atoms with van der Waals surface area (Å²) in [6.45, 7) is 1.93. The number of hydrogen-bond acceptors (Lipinski definition) is 2. The summed E-state index contributed by atoms with van der Waals surface area (Å²) in [6, 6.07) is 0. The van der Waals surface area contributed by atoms with Gasteiger partial charge in [0.2, 0.25) is 0 Å². The van der Waals surface area contributed by atoms with Crippen LogP contribution < -0.4 is 0 Å². The van der Waals surface area contributed by atoms with Gasteiger partial charge in [-0.05, 0) is 18.7 Å². The quantitative estimate of drug-likeness (QED) is 0.492. The minimum Gasteiger partial charge on any atom is -0.368 e. The van der Waals surface area contributed by atoms with Gasteiger partial charge in [-0.2, -0.15) is 0 Å². The van der Waals surface area contributed by atoms with Crippen LogP contribution in [0.5, 0.6) is 0 Å². The van der Waals surface area contributed by atoms with Crippen LogP contribution in [0.15, 0.2) is 0 Å². The monoisotopic (exact) mass is 138 g/mol. The average molecular weight is 138 g/mol. The van der Waals surface area contributed by atoms with Gasteiger partial charge in [-0.25, -0.2) is 0 Å². The molecule has 1 aliphatic heterocycles. The molecular weight excluding hydrogens is 127 g/mol. The van der Waals surface area contributed by atoms with Crippen LogP contribution in [0, 0.1) is 5.92 Å². The molecule has 2 nitrogen and oxygen atoms in total. The highest BCUT2D eigenvalue weighted by Crippen LogP contribution is 2.57. The van der Waals surface area contributed by atoms with Gasteiger partial charge in [0.25, 0.3) is 0 Å². The molecule has 0 unspecified atom stereocenters. The summed E-state index contributed by atoms with van der Waals surface area (Å²) in [5, 5.41) is 9.24. The molecule has 2 fully saturated rings. The van der Waals surface area contributed by atoms with Gasteiger partial charge in [-0.1, -0.05) is 6.92 Å². The molecule has 0 amide bonds. The fraction of sp³-hybridized carbons (Fsp3) is 1.00. The van der Waals surface area contributed by atoms with Gasteiger partial charge in [0.1, 0.15) is 0 Å². The third-order valence-electron chi connectivity index (χ3n) is 2.72. The maximum Gasteiger partial charge on any atom is 0.157 e. The molecule has 3 atom stereocenters. The maximum absolute atomic E-state index is 9.24. The van der Waals surface area contributed by atoms with Crippen molar-refractivity contribution in [1.82, 2.24) is 0 Å². The minimum atomic E-state index is -0.627. The summed E-state index contributed by atoms with van der Waals surface area (Å²) in [5.74, 6) is 0.144. The van der Waals surface area contributed by atoms with Gasteiger partial charge in [-0.3, -0.25) is 0 Å². The van der Waals surface area contributed by atoms with Crippen molar-refractivity contribution in [2.45, 2.75) is 37.5 Å². The Balaban J connectivity index is 2.16. The van der Waals surface area contributed by atoms with Crippen LogP contribution in [0.3, 0.4) is 0 Å². The molecule has 54 valence electrons. The van der Waals surface area contributed by atoms with E-state index in [9.17, 15) is 5.11 Å². The molecule has 0 aromatic carbocycles. The molecule has 1 N–H and O–H groups in total. The molecule has 1 heterocycles. The molecule has 0 aromatic rings. The molecule has 2 radical (unpaired) electrons. The fourth-order valence-corrected chi connectivity index (χ4v) is 1.66. The van der Waals surface area contributed by atoms with E-state index in [0.717, 1.165) is 12.8 Å². The van der Waals surface area contributed by atoms with Crippen molar-refractivity contribution in [3.05, 3.63) is 0 Å². The zero-order chi connectivity index (χ0) is 7.35. The average Bonchev–Trinajstić information content (AvgIpc) is 2.62. The van der Waals surface area contributed by atoms with Gasteiger partial charge in [-0.15, -0.1) is 0 Å². The third-order valence-corrected chi connectivity index (χ3v) is 2.72. The van der Waals surface area contributed by atoms with E-state index in [2.05, 4.69) is 0 Å². The lowest BCUT2D eigenvalue weighted by Gasteiger charge is -2.12. The van der Waals surface area contributed by atoms with Crippen LogP contribution in [0.25, 0.3) is 0 Å². The lowest BCUT2D eigenvalue weighted by molar-refractivity contribution is -0.113. The predicted octanol–water partition coefficient (Wildman–Crippen LogP) is 0.461. The van der Waals surface area contributed by atoms with Gasteiger partial charge in [0.15, 0.2) is 6.29 Å². The van der Waals surface area contributed by atoms with Crippen LogP contribution in [0.1, 0.15) is 19.8 Å². The van der Waals surface area contributed by atoms with E-state index < -0.39 is 6.29 Å². The summed E-state index contributed by atoms with van der Waals surface area (Å²) < 4.78 is 5.31. The first-order valence-electron chi connectivity index (χ1n) is 3.77. The van der Waals surface area contributed by atoms with Crippen molar-refractivity contribution >= 4 is 7.85 Å². The van der Waals surface area contributed by atoms with Crippen LogP contribution in [-0.2, 0) is 4.74 Å². The van der Waals surface area contributed by atoms with Crippen LogP contribution >= 0.6 is 0 Å². The number of aliphatic hydroxyl groups excluding tert-OH is 1. The molecule has 3 heteroatoms. The summed E-state index contributed by atoms with van der Waals surface area (Å²) in [6.07, 6.45) is 1.42. The van der Waals surface area contributed by atoms with E-state index in [1.54, 1.807) is 0 Å². The molecule has 1 saturated heterocycles. The highest BCUT2D eigenvalue weighted by Gasteiger charge is 2.57. The van der Waals surface area contributed by atoms with Crippen molar-refractivity contribution in [2.24, 2.45) is 5.92 Å². The summed E-state index contributed by atoms with van der Waals surface area (Å²) in [4.78, 5) is 0. The second-order valence-corrected chi connectivity index (χ2v) is 3.46.